The molecule has 0 aromatic heterocycles. The van der Waals surface area contributed by atoms with Gasteiger partial charge in [0.2, 0.25) is 0 Å². The predicted molar refractivity (Wildman–Crippen MR) is 71.0 cm³/mol. The minimum Gasteiger partial charge on any atom is -0.490 e. The largest absolute Gasteiger partial charge is 0.490 e. The van der Waals surface area contributed by atoms with Crippen LogP contribution in [0.25, 0.3) is 0 Å². The Balaban J connectivity index is 1.93. The SMILES string of the molecule is O=C(O)CC1(c2cc(Br)ccc2OC2CC2)CC1. The zero-order chi connectivity index (χ0) is 12.8. The maximum absolute atomic E-state index is 11.0. The fourth-order valence-corrected chi connectivity index (χ4v) is 2.73. The maximum Gasteiger partial charge on any atom is 0.304 e. The van der Waals surface area contributed by atoms with Crippen molar-refractivity contribution in [3.05, 3.63) is 28.2 Å². The molecule has 2 fully saturated rings. The molecule has 1 N–H and O–H groups in total. The van der Waals surface area contributed by atoms with E-state index in [9.17, 15) is 4.79 Å². The van der Waals surface area contributed by atoms with Crippen molar-refractivity contribution in [2.45, 2.75) is 43.6 Å². The zero-order valence-electron chi connectivity index (χ0n) is 9.99. The summed E-state index contributed by atoms with van der Waals surface area (Å²) in [6.45, 7) is 0. The van der Waals surface area contributed by atoms with Crippen LogP contribution < -0.4 is 4.74 Å². The van der Waals surface area contributed by atoms with Crippen LogP contribution in [0.3, 0.4) is 0 Å². The normalized spacial score (nSPS) is 20.5. The van der Waals surface area contributed by atoms with Gasteiger partial charge in [-0.15, -0.1) is 0 Å². The number of benzene rings is 1. The molecule has 3 rings (SSSR count). The highest BCUT2D eigenvalue weighted by atomic mass is 79.9. The van der Waals surface area contributed by atoms with E-state index < -0.39 is 5.97 Å². The van der Waals surface area contributed by atoms with Crippen LogP contribution in [0.2, 0.25) is 0 Å². The van der Waals surface area contributed by atoms with E-state index in [1.54, 1.807) is 0 Å². The van der Waals surface area contributed by atoms with E-state index >= 15 is 0 Å². The highest BCUT2D eigenvalue weighted by Gasteiger charge is 2.48. The lowest BCUT2D eigenvalue weighted by Gasteiger charge is -2.18. The Morgan fingerprint density at radius 3 is 2.72 bits per heavy atom. The first-order valence-electron chi connectivity index (χ1n) is 6.28. The van der Waals surface area contributed by atoms with Crippen LogP contribution in [0.15, 0.2) is 22.7 Å². The average Bonchev–Trinajstić information content (AvgIpc) is 3.17. The molecule has 18 heavy (non-hydrogen) atoms. The monoisotopic (exact) mass is 310 g/mol. The van der Waals surface area contributed by atoms with E-state index in [1.807, 2.05) is 18.2 Å². The second-order valence-corrected chi connectivity index (χ2v) is 6.22. The Kier molecular flexibility index (Phi) is 2.85. The molecule has 0 spiro atoms. The molecule has 0 aliphatic heterocycles. The first-order chi connectivity index (χ1) is 8.59. The number of hydrogen-bond acceptors (Lipinski definition) is 2. The summed E-state index contributed by atoms with van der Waals surface area (Å²) in [6, 6.07) is 5.94. The van der Waals surface area contributed by atoms with Gasteiger partial charge >= 0.3 is 5.97 Å². The Bertz CT molecular complexity index is 490. The number of ether oxygens (including phenoxy) is 1. The van der Waals surface area contributed by atoms with Crippen molar-refractivity contribution in [2.75, 3.05) is 0 Å². The Morgan fingerprint density at radius 2 is 2.17 bits per heavy atom. The van der Waals surface area contributed by atoms with Crippen molar-refractivity contribution in [1.82, 2.24) is 0 Å². The Labute approximate surface area is 114 Å². The van der Waals surface area contributed by atoms with Crippen LogP contribution in [0.4, 0.5) is 0 Å². The van der Waals surface area contributed by atoms with Gasteiger partial charge in [0, 0.05) is 15.5 Å². The zero-order valence-corrected chi connectivity index (χ0v) is 11.6. The summed E-state index contributed by atoms with van der Waals surface area (Å²) in [4.78, 5) is 11.0. The molecular weight excluding hydrogens is 296 g/mol. The molecule has 3 nitrogen and oxygen atoms in total. The van der Waals surface area contributed by atoms with E-state index in [2.05, 4.69) is 15.9 Å². The first kappa shape index (κ1) is 12.0. The van der Waals surface area contributed by atoms with Crippen LogP contribution >= 0.6 is 15.9 Å². The Morgan fingerprint density at radius 1 is 1.44 bits per heavy atom. The number of carboxylic acid groups (broad SMARTS) is 1. The quantitative estimate of drug-likeness (QED) is 0.905. The Hall–Kier alpha value is -1.03. The highest BCUT2D eigenvalue weighted by molar-refractivity contribution is 9.10. The molecule has 0 bridgehead atoms. The van der Waals surface area contributed by atoms with Crippen molar-refractivity contribution in [3.8, 4) is 5.75 Å². The molecule has 0 radical (unpaired) electrons. The highest BCUT2D eigenvalue weighted by Crippen LogP contribution is 2.54. The van der Waals surface area contributed by atoms with Gasteiger partial charge in [0.25, 0.3) is 0 Å². The lowest BCUT2D eigenvalue weighted by Crippen LogP contribution is -2.15. The molecule has 2 aliphatic rings. The third-order valence-electron chi connectivity index (χ3n) is 3.67. The summed E-state index contributed by atoms with van der Waals surface area (Å²) in [5.41, 5.74) is 0.867. The summed E-state index contributed by atoms with van der Waals surface area (Å²) in [5, 5.41) is 9.05. The third kappa shape index (κ3) is 2.39. The second kappa shape index (κ2) is 4.26. The second-order valence-electron chi connectivity index (χ2n) is 5.31. The molecule has 2 saturated carbocycles. The number of carboxylic acids is 1. The van der Waals surface area contributed by atoms with Crippen LogP contribution in [0.1, 0.15) is 37.7 Å². The van der Waals surface area contributed by atoms with Crippen molar-refractivity contribution in [3.63, 3.8) is 0 Å². The van der Waals surface area contributed by atoms with Gasteiger partial charge in [0.05, 0.1) is 12.5 Å². The molecule has 1 aromatic rings. The number of carbonyl (C=O) groups is 1. The molecule has 96 valence electrons. The van der Waals surface area contributed by atoms with Gasteiger partial charge in [-0.2, -0.15) is 0 Å². The summed E-state index contributed by atoms with van der Waals surface area (Å²) in [6.07, 6.45) is 4.64. The van der Waals surface area contributed by atoms with Crippen molar-refractivity contribution in [1.29, 1.82) is 0 Å². The van der Waals surface area contributed by atoms with E-state index in [0.29, 0.717) is 6.10 Å². The van der Waals surface area contributed by atoms with Crippen LogP contribution in [-0.4, -0.2) is 17.2 Å². The van der Waals surface area contributed by atoms with E-state index in [-0.39, 0.29) is 11.8 Å². The van der Waals surface area contributed by atoms with Crippen molar-refractivity contribution < 1.29 is 14.6 Å². The average molecular weight is 311 g/mol. The van der Waals surface area contributed by atoms with Crippen molar-refractivity contribution in [2.24, 2.45) is 0 Å². The van der Waals surface area contributed by atoms with Crippen LogP contribution in [0.5, 0.6) is 5.75 Å². The summed E-state index contributed by atoms with van der Waals surface area (Å²) >= 11 is 3.46. The van der Waals surface area contributed by atoms with Crippen LogP contribution in [0, 0.1) is 0 Å². The smallest absolute Gasteiger partial charge is 0.304 e. The summed E-state index contributed by atoms with van der Waals surface area (Å²) in [5.74, 6) is 0.143. The summed E-state index contributed by atoms with van der Waals surface area (Å²) in [7, 11) is 0. The molecule has 4 heteroatoms. The van der Waals surface area contributed by atoms with Gasteiger partial charge in [-0.05, 0) is 43.9 Å². The molecule has 0 atom stereocenters. The number of aliphatic carboxylic acids is 1. The third-order valence-corrected chi connectivity index (χ3v) is 4.17. The molecule has 0 amide bonds. The minimum atomic E-state index is -0.732. The fraction of sp³-hybridized carbons (Fsp3) is 0.500. The van der Waals surface area contributed by atoms with E-state index in [1.165, 1.54) is 0 Å². The number of hydrogen-bond donors (Lipinski definition) is 1. The summed E-state index contributed by atoms with van der Waals surface area (Å²) < 4.78 is 6.89. The fourth-order valence-electron chi connectivity index (χ4n) is 2.37. The molecule has 0 saturated heterocycles. The van der Waals surface area contributed by atoms with E-state index in [0.717, 1.165) is 41.5 Å². The first-order valence-corrected chi connectivity index (χ1v) is 7.07. The van der Waals surface area contributed by atoms with Gasteiger partial charge in [0.1, 0.15) is 5.75 Å². The van der Waals surface area contributed by atoms with Gasteiger partial charge in [-0.25, -0.2) is 0 Å². The van der Waals surface area contributed by atoms with Crippen LogP contribution in [-0.2, 0) is 10.2 Å². The van der Waals surface area contributed by atoms with Gasteiger partial charge in [-0.3, -0.25) is 4.79 Å². The molecule has 0 heterocycles. The molecule has 2 aliphatic carbocycles. The van der Waals surface area contributed by atoms with Gasteiger partial charge in [0.15, 0.2) is 0 Å². The number of halogens is 1. The number of rotatable bonds is 5. The molecular formula is C14H15BrO3. The van der Waals surface area contributed by atoms with Gasteiger partial charge < -0.3 is 9.84 Å². The molecule has 0 unspecified atom stereocenters. The lowest BCUT2D eigenvalue weighted by molar-refractivity contribution is -0.137. The predicted octanol–water partition coefficient (Wildman–Crippen LogP) is 3.50. The topological polar surface area (TPSA) is 46.5 Å². The molecule has 1 aromatic carbocycles. The van der Waals surface area contributed by atoms with Crippen molar-refractivity contribution >= 4 is 21.9 Å². The van der Waals surface area contributed by atoms with E-state index in [4.69, 9.17) is 9.84 Å². The lowest BCUT2D eigenvalue weighted by atomic mass is 9.91. The maximum atomic E-state index is 11.0. The van der Waals surface area contributed by atoms with Gasteiger partial charge in [-0.1, -0.05) is 15.9 Å². The standard InChI is InChI=1S/C14H15BrO3/c15-9-1-4-12(18-10-2-3-10)11(7-9)14(5-6-14)8-13(16)17/h1,4,7,10H,2-3,5-6,8H2,(H,16,17). The minimum absolute atomic E-state index is 0.195.